The molecule has 0 rings (SSSR count). The van der Waals surface area contributed by atoms with E-state index in [1.54, 1.807) is 0 Å². The SMILES string of the molecule is CCCCNC(=O)CCCNC(N)=O. The number of carbonyl (C=O) groups excluding carboxylic acids is 2. The Bertz CT molecular complexity index is 183. The first-order valence-electron chi connectivity index (χ1n) is 4.96. The van der Waals surface area contributed by atoms with Crippen molar-refractivity contribution in [1.29, 1.82) is 0 Å². The van der Waals surface area contributed by atoms with E-state index in [0.29, 0.717) is 19.4 Å². The number of urea groups is 1. The molecule has 0 radical (unpaired) electrons. The van der Waals surface area contributed by atoms with E-state index >= 15 is 0 Å². The average Bonchev–Trinajstić information content (AvgIpc) is 2.13. The van der Waals surface area contributed by atoms with Gasteiger partial charge in [0.05, 0.1) is 0 Å². The Kier molecular flexibility index (Phi) is 7.59. The summed E-state index contributed by atoms with van der Waals surface area (Å²) in [5.74, 6) is 0.0321. The van der Waals surface area contributed by atoms with Crippen LogP contribution in [0.15, 0.2) is 0 Å². The molecule has 0 heterocycles. The van der Waals surface area contributed by atoms with Gasteiger partial charge in [-0.1, -0.05) is 13.3 Å². The lowest BCUT2D eigenvalue weighted by atomic mass is 10.3. The first-order valence-corrected chi connectivity index (χ1v) is 4.96. The molecule has 5 nitrogen and oxygen atoms in total. The zero-order chi connectivity index (χ0) is 10.8. The van der Waals surface area contributed by atoms with Crippen LogP contribution in [0.2, 0.25) is 0 Å². The van der Waals surface area contributed by atoms with Crippen molar-refractivity contribution in [3.63, 3.8) is 0 Å². The van der Waals surface area contributed by atoms with Gasteiger partial charge in [0, 0.05) is 19.5 Å². The summed E-state index contributed by atoms with van der Waals surface area (Å²) in [6, 6.07) is -0.545. The Morgan fingerprint density at radius 1 is 1.14 bits per heavy atom. The standard InChI is InChI=1S/C9H19N3O2/c1-2-3-6-11-8(13)5-4-7-12-9(10)14/h2-7H2,1H3,(H,11,13)(H3,10,12,14). The van der Waals surface area contributed by atoms with Gasteiger partial charge in [-0.2, -0.15) is 0 Å². The van der Waals surface area contributed by atoms with Crippen LogP contribution in [0.5, 0.6) is 0 Å². The van der Waals surface area contributed by atoms with Gasteiger partial charge in [0.15, 0.2) is 0 Å². The lowest BCUT2D eigenvalue weighted by Crippen LogP contribution is -2.31. The van der Waals surface area contributed by atoms with Gasteiger partial charge in [-0.25, -0.2) is 4.79 Å². The molecule has 0 aromatic carbocycles. The Morgan fingerprint density at radius 3 is 2.36 bits per heavy atom. The normalized spacial score (nSPS) is 9.50. The van der Waals surface area contributed by atoms with E-state index in [0.717, 1.165) is 19.4 Å². The number of nitrogens with two attached hydrogens (primary N) is 1. The van der Waals surface area contributed by atoms with Crippen LogP contribution in [0, 0.1) is 0 Å². The number of unbranched alkanes of at least 4 members (excludes halogenated alkanes) is 1. The highest BCUT2D eigenvalue weighted by molar-refractivity contribution is 5.76. The van der Waals surface area contributed by atoms with Gasteiger partial charge in [0.1, 0.15) is 0 Å². The topological polar surface area (TPSA) is 84.2 Å². The quantitative estimate of drug-likeness (QED) is 0.519. The van der Waals surface area contributed by atoms with Crippen molar-refractivity contribution in [2.45, 2.75) is 32.6 Å². The van der Waals surface area contributed by atoms with Gasteiger partial charge < -0.3 is 16.4 Å². The van der Waals surface area contributed by atoms with Crippen LogP contribution >= 0.6 is 0 Å². The van der Waals surface area contributed by atoms with E-state index in [2.05, 4.69) is 17.6 Å². The summed E-state index contributed by atoms with van der Waals surface area (Å²) in [6.45, 7) is 3.26. The number of amides is 3. The van der Waals surface area contributed by atoms with E-state index in [1.165, 1.54) is 0 Å². The van der Waals surface area contributed by atoms with Crippen LogP contribution in [-0.4, -0.2) is 25.0 Å². The third kappa shape index (κ3) is 8.83. The van der Waals surface area contributed by atoms with Gasteiger partial charge in [0.2, 0.25) is 5.91 Å². The second kappa shape index (κ2) is 8.34. The molecule has 0 aromatic heterocycles. The second-order valence-electron chi connectivity index (χ2n) is 3.10. The summed E-state index contributed by atoms with van der Waals surface area (Å²) in [5.41, 5.74) is 4.86. The fourth-order valence-corrected chi connectivity index (χ4v) is 0.954. The van der Waals surface area contributed by atoms with Crippen molar-refractivity contribution in [2.24, 2.45) is 5.73 Å². The monoisotopic (exact) mass is 201 g/mol. The number of hydrogen-bond donors (Lipinski definition) is 3. The van der Waals surface area contributed by atoms with Crippen LogP contribution in [-0.2, 0) is 4.79 Å². The lowest BCUT2D eigenvalue weighted by Gasteiger charge is -2.04. The minimum Gasteiger partial charge on any atom is -0.356 e. The lowest BCUT2D eigenvalue weighted by molar-refractivity contribution is -0.121. The van der Waals surface area contributed by atoms with E-state index in [1.807, 2.05) is 0 Å². The molecule has 0 saturated heterocycles. The molecule has 0 aliphatic carbocycles. The molecular formula is C9H19N3O2. The molecule has 3 amide bonds. The summed E-state index contributed by atoms with van der Waals surface area (Å²) < 4.78 is 0. The zero-order valence-electron chi connectivity index (χ0n) is 8.64. The summed E-state index contributed by atoms with van der Waals surface area (Å²) >= 11 is 0. The number of hydrogen-bond acceptors (Lipinski definition) is 2. The maximum atomic E-state index is 11.1. The predicted molar refractivity (Wildman–Crippen MR) is 54.7 cm³/mol. The fraction of sp³-hybridized carbons (Fsp3) is 0.778. The Balaban J connectivity index is 3.22. The van der Waals surface area contributed by atoms with Crippen molar-refractivity contribution < 1.29 is 9.59 Å². The van der Waals surface area contributed by atoms with Crippen LogP contribution in [0.4, 0.5) is 4.79 Å². The molecule has 0 bridgehead atoms. The van der Waals surface area contributed by atoms with E-state index in [9.17, 15) is 9.59 Å². The van der Waals surface area contributed by atoms with Crippen molar-refractivity contribution >= 4 is 11.9 Å². The summed E-state index contributed by atoms with van der Waals surface area (Å²) in [5, 5.41) is 5.22. The third-order valence-electron chi connectivity index (χ3n) is 1.73. The molecule has 0 saturated carbocycles. The molecular weight excluding hydrogens is 182 g/mol. The van der Waals surface area contributed by atoms with E-state index < -0.39 is 6.03 Å². The first kappa shape index (κ1) is 12.7. The minimum atomic E-state index is -0.545. The summed E-state index contributed by atoms with van der Waals surface area (Å²) in [4.78, 5) is 21.4. The molecule has 0 atom stereocenters. The minimum absolute atomic E-state index is 0.0321. The average molecular weight is 201 g/mol. The van der Waals surface area contributed by atoms with Gasteiger partial charge >= 0.3 is 6.03 Å². The largest absolute Gasteiger partial charge is 0.356 e. The van der Waals surface area contributed by atoms with Crippen molar-refractivity contribution in [2.75, 3.05) is 13.1 Å². The maximum Gasteiger partial charge on any atom is 0.312 e. The third-order valence-corrected chi connectivity index (χ3v) is 1.73. The van der Waals surface area contributed by atoms with Crippen LogP contribution in [0.1, 0.15) is 32.6 Å². The van der Waals surface area contributed by atoms with Crippen molar-refractivity contribution in [3.8, 4) is 0 Å². The van der Waals surface area contributed by atoms with Crippen LogP contribution < -0.4 is 16.4 Å². The highest BCUT2D eigenvalue weighted by atomic mass is 16.2. The fourth-order valence-electron chi connectivity index (χ4n) is 0.954. The molecule has 0 spiro atoms. The Labute approximate surface area is 84.4 Å². The predicted octanol–water partition coefficient (Wildman–Crippen LogP) is 0.351. The number of carbonyl (C=O) groups is 2. The molecule has 0 aliphatic heterocycles. The van der Waals surface area contributed by atoms with Gasteiger partial charge in [-0.3, -0.25) is 4.79 Å². The van der Waals surface area contributed by atoms with Gasteiger partial charge in [-0.05, 0) is 12.8 Å². The number of nitrogens with one attached hydrogen (secondary N) is 2. The molecule has 0 unspecified atom stereocenters. The number of primary amides is 1. The van der Waals surface area contributed by atoms with Crippen LogP contribution in [0.25, 0.3) is 0 Å². The summed E-state index contributed by atoms with van der Waals surface area (Å²) in [7, 11) is 0. The van der Waals surface area contributed by atoms with E-state index in [-0.39, 0.29) is 5.91 Å². The van der Waals surface area contributed by atoms with Crippen molar-refractivity contribution in [3.05, 3.63) is 0 Å². The molecule has 0 fully saturated rings. The highest BCUT2D eigenvalue weighted by Crippen LogP contribution is 1.88. The second-order valence-corrected chi connectivity index (χ2v) is 3.10. The molecule has 0 aromatic rings. The number of rotatable bonds is 7. The smallest absolute Gasteiger partial charge is 0.312 e. The molecule has 4 N–H and O–H groups in total. The Morgan fingerprint density at radius 2 is 1.79 bits per heavy atom. The molecule has 0 aliphatic rings. The Hall–Kier alpha value is -1.26. The summed E-state index contributed by atoms with van der Waals surface area (Å²) in [6.07, 6.45) is 3.14. The zero-order valence-corrected chi connectivity index (χ0v) is 8.64. The van der Waals surface area contributed by atoms with Gasteiger partial charge in [0.25, 0.3) is 0 Å². The first-order chi connectivity index (χ1) is 6.66. The molecule has 5 heteroatoms. The van der Waals surface area contributed by atoms with Crippen LogP contribution in [0.3, 0.4) is 0 Å². The highest BCUT2D eigenvalue weighted by Gasteiger charge is 1.99. The van der Waals surface area contributed by atoms with E-state index in [4.69, 9.17) is 5.73 Å². The molecule has 14 heavy (non-hydrogen) atoms. The van der Waals surface area contributed by atoms with Crippen molar-refractivity contribution in [1.82, 2.24) is 10.6 Å². The molecule has 82 valence electrons. The maximum absolute atomic E-state index is 11.1. The van der Waals surface area contributed by atoms with Gasteiger partial charge in [-0.15, -0.1) is 0 Å².